The van der Waals surface area contributed by atoms with Gasteiger partial charge in [-0.1, -0.05) is 27.7 Å². The monoisotopic (exact) mass is 1070 g/mol. The lowest BCUT2D eigenvalue weighted by atomic mass is 10.0. The smallest absolute Gasteiger partial charge is 0.259 e. The minimum absolute atomic E-state index is 0.117. The minimum atomic E-state index is -1.81. The third-order valence-electron chi connectivity index (χ3n) is 10.4. The van der Waals surface area contributed by atoms with Gasteiger partial charge in [-0.05, 0) is 59.8 Å². The summed E-state index contributed by atoms with van der Waals surface area (Å²) in [6, 6.07) is -9.81. The van der Waals surface area contributed by atoms with Crippen molar-refractivity contribution in [1.82, 2.24) is 79.8 Å². The van der Waals surface area contributed by atoms with Gasteiger partial charge in [-0.3, -0.25) is 74.5 Å². The molecule has 31 heteroatoms. The van der Waals surface area contributed by atoms with E-state index in [0.717, 1.165) is 0 Å². The molecule has 0 saturated heterocycles. The van der Waals surface area contributed by atoms with Gasteiger partial charge in [0.2, 0.25) is 29.5 Å². The molecule has 0 bridgehead atoms. The summed E-state index contributed by atoms with van der Waals surface area (Å²) in [6.45, 7) is 13.6. The van der Waals surface area contributed by atoms with E-state index in [-0.39, 0.29) is 18.9 Å². The molecule has 0 aliphatic carbocycles. The van der Waals surface area contributed by atoms with Crippen molar-refractivity contribution in [2.24, 2.45) is 17.6 Å². The van der Waals surface area contributed by atoms with Crippen LogP contribution in [-0.4, -0.2) is 190 Å². The van der Waals surface area contributed by atoms with Gasteiger partial charge in [0.05, 0.1) is 31.2 Å². The normalized spacial score (nSPS) is 16.2. The molecule has 0 radical (unpaired) electrons. The van der Waals surface area contributed by atoms with Crippen LogP contribution in [0.5, 0.6) is 0 Å². The molecule has 0 aromatic rings. The molecule has 17 N–H and O–H groups in total. The molecule has 0 saturated carbocycles. The Morgan fingerprint density at radius 3 is 1.17 bits per heavy atom. The van der Waals surface area contributed by atoms with Gasteiger partial charge in [0.25, 0.3) is 29.5 Å². The zero-order valence-corrected chi connectivity index (χ0v) is 43.9. The molecule has 0 aliphatic rings. The van der Waals surface area contributed by atoms with E-state index in [4.69, 9.17) is 5.73 Å². The van der Waals surface area contributed by atoms with Gasteiger partial charge in [0.1, 0.15) is 67.8 Å². The first-order valence-electron chi connectivity index (χ1n) is 23.8. The molecule has 0 unspecified atom stereocenters. The Labute approximate surface area is 433 Å². The number of hydrogen-bond acceptors (Lipinski definition) is 21. The van der Waals surface area contributed by atoms with Crippen LogP contribution in [0.25, 0.3) is 0 Å². The third-order valence-corrected chi connectivity index (χ3v) is 10.4. The second-order valence-corrected chi connectivity index (χ2v) is 17.9. The molecule has 0 aromatic carbocycles. The highest BCUT2D eigenvalue weighted by Crippen LogP contribution is 2.05. The topological polar surface area (TPSA) is 463 Å². The van der Waals surface area contributed by atoms with E-state index in [1.807, 2.05) is 0 Å². The van der Waals surface area contributed by atoms with Crippen molar-refractivity contribution in [3.8, 4) is 0 Å². The summed E-state index contributed by atoms with van der Waals surface area (Å²) in [5.41, 5.74) is 5.66. The SMILES string of the molecule is CNC(=O)[C@H](C)NC(=O)[C@H](C)NC(=O)[C@@H](NC(=O)[C@@H](NC(=O)[C@H](C)NC(=O)[C@H](C)NC(=O)[C@H](NCC=O)NC(=O)[C@H](NC(=O)[C@H](C)NC(=O)[C@@H](N)NCC=O)N[C@@H](C=O)C(C)C)N[C@@H](C=O)CC(C)C)N[C@@H](C)C=O. The van der Waals surface area contributed by atoms with Crippen LogP contribution in [-0.2, 0) is 71.9 Å². The van der Waals surface area contributed by atoms with Gasteiger partial charge < -0.3 is 82.9 Å². The molecular weight excluding hydrogens is 993 g/mol. The highest BCUT2D eigenvalue weighted by molar-refractivity contribution is 5.98. The summed E-state index contributed by atoms with van der Waals surface area (Å²) >= 11 is 0. The van der Waals surface area contributed by atoms with E-state index in [0.29, 0.717) is 31.4 Å². The number of carbonyl (C=O) groups excluding carboxylic acids is 15. The maximum Gasteiger partial charge on any atom is 0.259 e. The van der Waals surface area contributed by atoms with Crippen molar-refractivity contribution in [3.63, 3.8) is 0 Å². The largest absolute Gasteiger partial charge is 0.357 e. The molecule has 0 rings (SSSR count). The van der Waals surface area contributed by atoms with Crippen LogP contribution in [0.1, 0.15) is 75.7 Å². The van der Waals surface area contributed by atoms with Crippen molar-refractivity contribution < 1.29 is 71.9 Å². The maximum atomic E-state index is 13.9. The van der Waals surface area contributed by atoms with E-state index in [9.17, 15) is 71.9 Å². The predicted molar refractivity (Wildman–Crippen MR) is 265 cm³/mol. The van der Waals surface area contributed by atoms with Gasteiger partial charge in [-0.25, -0.2) is 0 Å². The first-order chi connectivity index (χ1) is 35.1. The fraction of sp³-hybridized carbons (Fsp3) is 0.659. The molecule has 0 aromatic heterocycles. The predicted octanol–water partition coefficient (Wildman–Crippen LogP) is -8.92. The van der Waals surface area contributed by atoms with Crippen molar-refractivity contribution >= 4 is 90.5 Å². The number of carbonyl (C=O) groups is 15. The lowest BCUT2D eigenvalue weighted by molar-refractivity contribution is -0.137. The summed E-state index contributed by atoms with van der Waals surface area (Å²) in [7, 11) is 1.35. The Kier molecular flexibility index (Phi) is 31.7. The number of aldehydes is 5. The summed E-state index contributed by atoms with van der Waals surface area (Å²) in [5, 5.41) is 36.0. The van der Waals surface area contributed by atoms with Crippen LogP contribution in [0, 0.1) is 11.8 Å². The number of likely N-dealkylation sites (N-methyl/N-ethyl adjacent to an activating group) is 1. The second kappa shape index (κ2) is 35.1. The molecule has 422 valence electrons. The van der Waals surface area contributed by atoms with Gasteiger partial charge in [0, 0.05) is 7.05 Å². The summed E-state index contributed by atoms with van der Waals surface area (Å²) in [6.07, 6.45) is -6.26. The van der Waals surface area contributed by atoms with E-state index < -0.39 is 151 Å². The van der Waals surface area contributed by atoms with E-state index in [2.05, 4.69) is 79.8 Å². The van der Waals surface area contributed by atoms with Crippen LogP contribution >= 0.6 is 0 Å². The number of rotatable bonds is 37. The summed E-state index contributed by atoms with van der Waals surface area (Å²) in [5.74, 6) is -10.2. The molecular formula is C44H76N16O15. The molecule has 10 amide bonds. The molecule has 0 aliphatic heterocycles. The number of amides is 10. The average molecular weight is 1070 g/mol. The average Bonchev–Trinajstić information content (AvgIpc) is 3.35. The molecule has 0 spiro atoms. The fourth-order valence-corrected chi connectivity index (χ4v) is 6.06. The highest BCUT2D eigenvalue weighted by atomic mass is 16.2. The van der Waals surface area contributed by atoms with Crippen molar-refractivity contribution in [1.29, 1.82) is 0 Å². The Bertz CT molecular complexity index is 2010. The van der Waals surface area contributed by atoms with Crippen LogP contribution in [0.3, 0.4) is 0 Å². The molecule has 75 heavy (non-hydrogen) atoms. The van der Waals surface area contributed by atoms with Crippen molar-refractivity contribution in [2.45, 2.75) is 155 Å². The van der Waals surface area contributed by atoms with Crippen LogP contribution in [0.2, 0.25) is 0 Å². The van der Waals surface area contributed by atoms with E-state index >= 15 is 0 Å². The number of nitrogens with one attached hydrogen (secondary N) is 15. The van der Waals surface area contributed by atoms with Gasteiger partial charge >= 0.3 is 0 Å². The molecule has 0 fully saturated rings. The van der Waals surface area contributed by atoms with E-state index in [1.165, 1.54) is 48.6 Å². The lowest BCUT2D eigenvalue weighted by Crippen LogP contribution is -2.67. The van der Waals surface area contributed by atoms with E-state index in [1.54, 1.807) is 27.7 Å². The van der Waals surface area contributed by atoms with Gasteiger partial charge in [0.15, 0.2) is 24.7 Å². The Morgan fingerprint density at radius 2 is 0.760 bits per heavy atom. The Hall–Kier alpha value is -7.19. The van der Waals surface area contributed by atoms with Gasteiger partial charge in [-0.2, -0.15) is 0 Å². The zero-order valence-electron chi connectivity index (χ0n) is 43.9. The Morgan fingerprint density at radius 1 is 0.400 bits per heavy atom. The maximum absolute atomic E-state index is 13.9. The number of hydrogen-bond donors (Lipinski definition) is 16. The minimum Gasteiger partial charge on any atom is -0.357 e. The zero-order chi connectivity index (χ0) is 57.7. The molecule has 31 nitrogen and oxygen atoms in total. The number of nitrogens with two attached hydrogens (primary N) is 1. The molecule has 13 atom stereocenters. The summed E-state index contributed by atoms with van der Waals surface area (Å²) < 4.78 is 0. The van der Waals surface area contributed by atoms with Gasteiger partial charge in [-0.15, -0.1) is 0 Å². The quantitative estimate of drug-likeness (QED) is 0.0203. The van der Waals surface area contributed by atoms with Crippen LogP contribution in [0.15, 0.2) is 0 Å². The van der Waals surface area contributed by atoms with Crippen molar-refractivity contribution in [2.75, 3.05) is 20.1 Å². The van der Waals surface area contributed by atoms with Crippen LogP contribution < -0.4 is 85.5 Å². The van der Waals surface area contributed by atoms with Crippen LogP contribution in [0.4, 0.5) is 0 Å². The standard InChI is InChI=1S/C44H76N16O15/c1-20(2)16-28(18-64)55-33(43(74)60-32(49-22(5)17-63)42(73)54-25(8)36(67)50-23(6)35(66)46-11)58-38(69)26(9)51-37(68)24(7)53-41(72)31(48-13-15-62)57-44(75)34(56-29(19-65)21(3)4)59-39(70)27(10)52-40(71)30(45)47-12-14-61/h14-15,17-34,47-49,55-56H,12-13,16,45H2,1-11H3,(H,46,66)(H,50,67)(H,51,68)(H,52,71)(H,53,72)(H,54,73)(H,57,75)(H,58,69)(H,59,70)(H,60,74)/t22-,23-,24-,25-,26-,27-,28+,29-,30-,31+,32+,33+,34-/m0/s1. The fourth-order valence-electron chi connectivity index (χ4n) is 6.06. The second-order valence-electron chi connectivity index (χ2n) is 17.9. The first kappa shape index (κ1) is 67.8. The third kappa shape index (κ3) is 25.5. The highest BCUT2D eigenvalue weighted by Gasteiger charge is 2.35. The molecule has 0 heterocycles. The lowest BCUT2D eigenvalue weighted by Gasteiger charge is -2.29. The Balaban J connectivity index is 6.40. The van der Waals surface area contributed by atoms with Crippen molar-refractivity contribution in [3.05, 3.63) is 0 Å². The first-order valence-corrected chi connectivity index (χ1v) is 23.8. The summed E-state index contributed by atoms with van der Waals surface area (Å²) in [4.78, 5) is 189.